The number of carbonyl (C=O) groups excluding carboxylic acids is 1. The molecule has 0 bridgehead atoms. The highest BCUT2D eigenvalue weighted by Crippen LogP contribution is 2.29. The number of likely N-dealkylation sites (tertiary alicyclic amines) is 1. The normalized spacial score (nSPS) is 18.4. The molecule has 0 aliphatic carbocycles. The van der Waals surface area contributed by atoms with Gasteiger partial charge in [0.05, 0.1) is 31.0 Å². The molecule has 0 radical (unpaired) electrons. The molecule has 2 N–H and O–H groups in total. The second-order valence-corrected chi connectivity index (χ2v) is 9.21. The number of aromatic nitrogens is 2. The number of nitrogens with one attached hydrogen (secondary N) is 2. The van der Waals surface area contributed by atoms with Gasteiger partial charge in [0.1, 0.15) is 5.15 Å². The number of carbonyl (C=O) groups is 1. The van der Waals surface area contributed by atoms with Crippen LogP contribution in [0.4, 0.5) is 5.69 Å². The van der Waals surface area contributed by atoms with Gasteiger partial charge in [-0.2, -0.15) is 0 Å². The number of benzene rings is 1. The third-order valence-corrected chi connectivity index (χ3v) is 6.43. The largest absolute Gasteiger partial charge is 0.332 e. The first kappa shape index (κ1) is 23.4. The number of rotatable bonds is 6. The minimum atomic E-state index is -0.207. The van der Waals surface area contributed by atoms with Gasteiger partial charge < -0.3 is 10.2 Å². The van der Waals surface area contributed by atoms with E-state index in [2.05, 4.69) is 22.5 Å². The van der Waals surface area contributed by atoms with E-state index in [1.165, 1.54) is 6.20 Å². The fourth-order valence-electron chi connectivity index (χ4n) is 4.17. The van der Waals surface area contributed by atoms with Gasteiger partial charge in [0.2, 0.25) is 0 Å². The molecule has 1 saturated heterocycles. The lowest BCUT2D eigenvalue weighted by molar-refractivity contribution is -0.899. The molecule has 33 heavy (non-hydrogen) atoms. The van der Waals surface area contributed by atoms with Crippen molar-refractivity contribution in [3.63, 3.8) is 0 Å². The summed E-state index contributed by atoms with van der Waals surface area (Å²) in [4.78, 5) is 23.1. The highest BCUT2D eigenvalue weighted by molar-refractivity contribution is 6.30. The number of halogens is 2. The fourth-order valence-corrected chi connectivity index (χ4v) is 4.47. The van der Waals surface area contributed by atoms with Crippen LogP contribution in [0.1, 0.15) is 46.1 Å². The monoisotopic (exact) mass is 481 g/mol. The average molecular weight is 482 g/mol. The number of hydrogen-bond acceptors (Lipinski definition) is 3. The van der Waals surface area contributed by atoms with Gasteiger partial charge in [-0.3, -0.25) is 9.78 Å². The van der Waals surface area contributed by atoms with Crippen LogP contribution in [-0.4, -0.2) is 35.5 Å². The highest BCUT2D eigenvalue weighted by atomic mass is 35.5. The highest BCUT2D eigenvalue weighted by Gasteiger charge is 2.26. The first-order valence-corrected chi connectivity index (χ1v) is 11.9. The quantitative estimate of drug-likeness (QED) is 0.496. The molecular weight excluding hydrogens is 455 g/mol. The molecule has 4 rings (SSSR count). The van der Waals surface area contributed by atoms with Crippen molar-refractivity contribution in [2.45, 2.75) is 25.7 Å². The minimum absolute atomic E-state index is 0.207. The zero-order valence-corrected chi connectivity index (χ0v) is 20.0. The molecule has 5 nitrogen and oxygen atoms in total. The Bertz CT molecular complexity index is 1140. The van der Waals surface area contributed by atoms with E-state index in [9.17, 15) is 4.79 Å². The first-order valence-electron chi connectivity index (χ1n) is 11.1. The van der Waals surface area contributed by atoms with Gasteiger partial charge in [-0.25, -0.2) is 4.98 Å². The predicted octanol–water partition coefficient (Wildman–Crippen LogP) is 4.82. The van der Waals surface area contributed by atoms with Crippen molar-refractivity contribution < 1.29 is 9.69 Å². The van der Waals surface area contributed by atoms with E-state index < -0.39 is 0 Å². The van der Waals surface area contributed by atoms with Gasteiger partial charge in [-0.1, -0.05) is 41.4 Å². The van der Waals surface area contributed by atoms with E-state index >= 15 is 0 Å². The van der Waals surface area contributed by atoms with E-state index in [1.54, 1.807) is 17.0 Å². The number of amides is 1. The van der Waals surface area contributed by atoms with Crippen LogP contribution in [0.25, 0.3) is 6.08 Å². The van der Waals surface area contributed by atoms with Crippen molar-refractivity contribution in [2.75, 3.05) is 25.0 Å². The summed E-state index contributed by atoms with van der Waals surface area (Å²) in [5.74, 6) is 0.117. The van der Waals surface area contributed by atoms with Crippen molar-refractivity contribution in [2.24, 2.45) is 0 Å². The molecule has 3 heterocycles. The first-order chi connectivity index (χ1) is 16.0. The molecular formula is C26H27Cl2N4O+. The summed E-state index contributed by atoms with van der Waals surface area (Å²) in [5, 5.41) is 4.08. The lowest BCUT2D eigenvalue weighted by Gasteiger charge is -2.29. The molecule has 7 heteroatoms. The Morgan fingerprint density at radius 1 is 1.12 bits per heavy atom. The Morgan fingerprint density at radius 3 is 2.61 bits per heavy atom. The van der Waals surface area contributed by atoms with Crippen LogP contribution in [0.15, 0.2) is 60.8 Å². The smallest absolute Gasteiger partial charge is 0.255 e. The summed E-state index contributed by atoms with van der Waals surface area (Å²) in [7, 11) is 0. The number of pyridine rings is 2. The van der Waals surface area contributed by atoms with Crippen molar-refractivity contribution in [1.82, 2.24) is 9.97 Å². The topological polar surface area (TPSA) is 59.3 Å². The fraction of sp³-hybridized carbons (Fsp3) is 0.269. The predicted molar refractivity (Wildman–Crippen MR) is 134 cm³/mol. The van der Waals surface area contributed by atoms with Crippen molar-refractivity contribution in [3.8, 4) is 0 Å². The number of piperidine rings is 1. The van der Waals surface area contributed by atoms with Crippen LogP contribution >= 0.6 is 23.2 Å². The van der Waals surface area contributed by atoms with Crippen molar-refractivity contribution >= 4 is 40.9 Å². The van der Waals surface area contributed by atoms with Gasteiger partial charge in [0.15, 0.2) is 0 Å². The van der Waals surface area contributed by atoms with Crippen LogP contribution in [0.5, 0.6) is 0 Å². The lowest BCUT2D eigenvalue weighted by Crippen LogP contribution is -3.12. The Morgan fingerprint density at radius 2 is 1.88 bits per heavy atom. The minimum Gasteiger partial charge on any atom is -0.332 e. The Hall–Kier alpha value is -2.73. The molecule has 1 fully saturated rings. The molecule has 1 amide bonds. The molecule has 1 aromatic carbocycles. The number of aryl methyl sites for hydroxylation is 1. The van der Waals surface area contributed by atoms with Crippen LogP contribution in [0, 0.1) is 6.92 Å². The maximum Gasteiger partial charge on any atom is 0.255 e. The molecule has 0 unspecified atom stereocenters. The third kappa shape index (κ3) is 6.41. The molecule has 0 saturated carbocycles. The number of nitrogens with zero attached hydrogens (tertiary/aromatic N) is 2. The summed E-state index contributed by atoms with van der Waals surface area (Å²) < 4.78 is 0. The third-order valence-electron chi connectivity index (χ3n) is 5.97. The maximum absolute atomic E-state index is 12.7. The number of hydrogen-bond donors (Lipinski definition) is 2. The van der Waals surface area contributed by atoms with Gasteiger partial charge in [0.25, 0.3) is 5.91 Å². The Labute approximate surface area is 204 Å². The van der Waals surface area contributed by atoms with Crippen LogP contribution < -0.4 is 10.2 Å². The molecule has 3 aromatic rings. The van der Waals surface area contributed by atoms with Gasteiger partial charge >= 0.3 is 0 Å². The molecule has 170 valence electrons. The van der Waals surface area contributed by atoms with E-state index in [-0.39, 0.29) is 5.91 Å². The molecule has 0 spiro atoms. The zero-order chi connectivity index (χ0) is 23.2. The van der Waals surface area contributed by atoms with E-state index in [1.807, 2.05) is 43.3 Å². The second kappa shape index (κ2) is 10.9. The summed E-state index contributed by atoms with van der Waals surface area (Å²) >= 11 is 11.9. The average Bonchev–Trinajstić information content (AvgIpc) is 2.82. The number of anilines is 1. The van der Waals surface area contributed by atoms with Gasteiger partial charge in [-0.15, -0.1) is 0 Å². The van der Waals surface area contributed by atoms with Crippen LogP contribution in [0.2, 0.25) is 10.2 Å². The van der Waals surface area contributed by atoms with Gasteiger partial charge in [-0.05, 0) is 55.0 Å². The molecule has 1 aliphatic heterocycles. The summed E-state index contributed by atoms with van der Waals surface area (Å²) in [6.45, 7) is 5.11. The van der Waals surface area contributed by atoms with Crippen LogP contribution in [-0.2, 0) is 0 Å². The van der Waals surface area contributed by atoms with E-state index in [0.29, 0.717) is 16.6 Å². The summed E-state index contributed by atoms with van der Waals surface area (Å²) in [5.41, 5.74) is 4.34. The lowest BCUT2D eigenvalue weighted by atomic mass is 9.91. The van der Waals surface area contributed by atoms with Crippen molar-refractivity contribution in [3.05, 3.63) is 93.5 Å². The molecule has 1 aliphatic rings. The molecule has 2 aromatic heterocycles. The maximum atomic E-state index is 12.7. The van der Waals surface area contributed by atoms with E-state index in [0.717, 1.165) is 60.1 Å². The Kier molecular flexibility index (Phi) is 7.76. The Balaban J connectivity index is 1.38. The van der Waals surface area contributed by atoms with Crippen molar-refractivity contribution in [1.29, 1.82) is 0 Å². The van der Waals surface area contributed by atoms with Gasteiger partial charge in [0, 0.05) is 41.2 Å². The number of quaternary nitrogens is 1. The summed E-state index contributed by atoms with van der Waals surface area (Å²) in [6.07, 6.45) is 7.98. The summed E-state index contributed by atoms with van der Waals surface area (Å²) in [6, 6.07) is 15.0. The second-order valence-electron chi connectivity index (χ2n) is 8.39. The van der Waals surface area contributed by atoms with Crippen LogP contribution in [0.3, 0.4) is 0 Å². The molecule has 0 atom stereocenters. The standard InChI is InChI=1S/C26H26Cl2N4O/c1-18-4-9-23(31-26(33)21-10-13-29-24(28)17-21)25(30-18)20-11-15-32(16-12-20)14-2-3-19-5-7-22(27)8-6-19/h2-10,13,17,20H,11-12,14-16H2,1H3,(H,31,33)/p+1/b3-2+. The SMILES string of the molecule is Cc1ccc(NC(=O)c2ccnc(Cl)c2)c(C2CC[NH+](C/C=C/c3ccc(Cl)cc3)CC2)n1. The zero-order valence-electron chi connectivity index (χ0n) is 18.5. The van der Waals surface area contributed by atoms with E-state index in [4.69, 9.17) is 28.2 Å².